The number of fused-ring (bicyclic) bond motifs is 1. The molecule has 3 aromatic carbocycles. The SMILES string of the molecule is O=C(Nc1ccccc1)c1cn2c(n1)C(c1ccccc1)N(CCOc1ccccc1)CC2. The van der Waals surface area contributed by atoms with Crippen LogP contribution in [0.5, 0.6) is 5.75 Å². The van der Waals surface area contributed by atoms with E-state index in [-0.39, 0.29) is 11.9 Å². The number of hydrogen-bond donors (Lipinski definition) is 1. The summed E-state index contributed by atoms with van der Waals surface area (Å²) in [5.74, 6) is 1.55. The Morgan fingerprint density at radius 2 is 1.58 bits per heavy atom. The van der Waals surface area contributed by atoms with E-state index in [1.807, 2.05) is 85.1 Å². The molecule has 166 valence electrons. The molecule has 1 N–H and O–H groups in total. The average Bonchev–Trinajstić information content (AvgIpc) is 3.30. The van der Waals surface area contributed by atoms with Crippen LogP contribution < -0.4 is 10.1 Å². The van der Waals surface area contributed by atoms with E-state index in [4.69, 9.17) is 9.72 Å². The Morgan fingerprint density at radius 3 is 2.30 bits per heavy atom. The smallest absolute Gasteiger partial charge is 0.275 e. The molecule has 4 aromatic rings. The van der Waals surface area contributed by atoms with Crippen LogP contribution in [0.3, 0.4) is 0 Å². The normalized spacial score (nSPS) is 15.6. The number of carbonyl (C=O) groups is 1. The molecule has 6 heteroatoms. The predicted octanol–water partition coefficient (Wildman–Crippen LogP) is 4.62. The third kappa shape index (κ3) is 4.81. The van der Waals surface area contributed by atoms with Crippen LogP contribution in [0.1, 0.15) is 27.9 Å². The van der Waals surface area contributed by atoms with Crippen LogP contribution >= 0.6 is 0 Å². The molecule has 0 saturated heterocycles. The molecular formula is C27H26N4O2. The molecule has 0 spiro atoms. The maximum atomic E-state index is 12.9. The van der Waals surface area contributed by atoms with E-state index in [1.54, 1.807) is 0 Å². The van der Waals surface area contributed by atoms with Crippen molar-refractivity contribution in [3.8, 4) is 5.75 Å². The van der Waals surface area contributed by atoms with Crippen molar-refractivity contribution in [2.45, 2.75) is 12.6 Å². The largest absolute Gasteiger partial charge is 0.492 e. The van der Waals surface area contributed by atoms with E-state index >= 15 is 0 Å². The first kappa shape index (κ1) is 21.0. The van der Waals surface area contributed by atoms with E-state index in [9.17, 15) is 4.79 Å². The highest BCUT2D eigenvalue weighted by Crippen LogP contribution is 2.31. The van der Waals surface area contributed by atoms with Gasteiger partial charge < -0.3 is 14.6 Å². The second-order valence-electron chi connectivity index (χ2n) is 8.01. The van der Waals surface area contributed by atoms with Gasteiger partial charge in [0.1, 0.15) is 23.9 Å². The molecule has 2 heterocycles. The summed E-state index contributed by atoms with van der Waals surface area (Å²) < 4.78 is 8.06. The van der Waals surface area contributed by atoms with E-state index in [1.165, 1.54) is 0 Å². The Bertz CT molecular complexity index is 1190. The fraction of sp³-hybridized carbons (Fsp3) is 0.185. The number of anilines is 1. The monoisotopic (exact) mass is 438 g/mol. The second-order valence-corrected chi connectivity index (χ2v) is 8.01. The van der Waals surface area contributed by atoms with Gasteiger partial charge in [-0.3, -0.25) is 9.69 Å². The highest BCUT2D eigenvalue weighted by molar-refractivity contribution is 6.02. The molecule has 0 aliphatic carbocycles. The van der Waals surface area contributed by atoms with Gasteiger partial charge >= 0.3 is 0 Å². The molecule has 33 heavy (non-hydrogen) atoms. The van der Waals surface area contributed by atoms with Crippen LogP contribution in [-0.4, -0.2) is 40.1 Å². The van der Waals surface area contributed by atoms with Gasteiger partial charge in [-0.05, 0) is 29.8 Å². The predicted molar refractivity (Wildman–Crippen MR) is 128 cm³/mol. The number of para-hydroxylation sites is 2. The van der Waals surface area contributed by atoms with Crippen molar-refractivity contribution >= 4 is 11.6 Å². The summed E-state index contributed by atoms with van der Waals surface area (Å²) in [6.07, 6.45) is 1.86. The molecule has 0 fully saturated rings. The van der Waals surface area contributed by atoms with Crippen LogP contribution in [-0.2, 0) is 6.54 Å². The maximum Gasteiger partial charge on any atom is 0.275 e. The van der Waals surface area contributed by atoms with Crippen molar-refractivity contribution in [1.29, 1.82) is 0 Å². The second kappa shape index (κ2) is 9.71. The molecule has 6 nitrogen and oxygen atoms in total. The van der Waals surface area contributed by atoms with Crippen LogP contribution in [0.4, 0.5) is 5.69 Å². The summed E-state index contributed by atoms with van der Waals surface area (Å²) in [5, 5.41) is 2.94. The standard InChI is InChI=1S/C27H26N4O2/c32-27(28-22-12-6-2-7-13-22)24-20-31-17-16-30(18-19-33-23-14-8-3-9-15-23)25(26(31)29-24)21-10-4-1-5-11-21/h1-15,20,25H,16-19H2,(H,28,32). The minimum absolute atomic E-state index is 0.0439. The zero-order valence-corrected chi connectivity index (χ0v) is 18.3. The average molecular weight is 439 g/mol. The number of nitrogens with zero attached hydrogens (tertiary/aromatic N) is 3. The molecule has 1 aromatic heterocycles. The quantitative estimate of drug-likeness (QED) is 0.457. The first-order chi connectivity index (χ1) is 16.3. The van der Waals surface area contributed by atoms with Gasteiger partial charge in [-0.15, -0.1) is 0 Å². The number of benzene rings is 3. The summed E-state index contributed by atoms with van der Waals surface area (Å²) in [4.78, 5) is 20.0. The molecule has 1 unspecified atom stereocenters. The summed E-state index contributed by atoms with van der Waals surface area (Å²) in [6, 6.07) is 29.6. The van der Waals surface area contributed by atoms with Gasteiger partial charge in [0, 0.05) is 31.5 Å². The minimum Gasteiger partial charge on any atom is -0.492 e. The van der Waals surface area contributed by atoms with Crippen molar-refractivity contribution in [3.05, 3.63) is 114 Å². The van der Waals surface area contributed by atoms with Crippen molar-refractivity contribution < 1.29 is 9.53 Å². The number of ether oxygens (including phenoxy) is 1. The summed E-state index contributed by atoms with van der Waals surface area (Å²) in [6.45, 7) is 2.96. The number of aromatic nitrogens is 2. The molecule has 0 bridgehead atoms. The fourth-order valence-corrected chi connectivity index (χ4v) is 4.22. The lowest BCUT2D eigenvalue weighted by Gasteiger charge is -2.36. The van der Waals surface area contributed by atoms with Crippen LogP contribution in [0, 0.1) is 0 Å². The van der Waals surface area contributed by atoms with Gasteiger partial charge in [0.05, 0.1) is 6.04 Å². The zero-order valence-electron chi connectivity index (χ0n) is 18.3. The van der Waals surface area contributed by atoms with Gasteiger partial charge in [-0.1, -0.05) is 66.7 Å². The van der Waals surface area contributed by atoms with Crippen LogP contribution in [0.25, 0.3) is 0 Å². The summed E-state index contributed by atoms with van der Waals surface area (Å²) in [5.41, 5.74) is 2.34. The molecule has 0 saturated carbocycles. The molecule has 1 atom stereocenters. The molecule has 0 radical (unpaired) electrons. The Labute approximate surface area is 193 Å². The first-order valence-electron chi connectivity index (χ1n) is 11.2. The molecule has 1 aliphatic heterocycles. The summed E-state index contributed by atoms with van der Waals surface area (Å²) >= 11 is 0. The van der Waals surface area contributed by atoms with Gasteiger partial charge in [-0.2, -0.15) is 0 Å². The number of hydrogen-bond acceptors (Lipinski definition) is 4. The maximum absolute atomic E-state index is 12.9. The molecule has 1 amide bonds. The van der Waals surface area contributed by atoms with Gasteiger partial charge in [0.2, 0.25) is 0 Å². The number of rotatable bonds is 7. The lowest BCUT2D eigenvalue weighted by molar-refractivity contribution is 0.102. The number of carbonyl (C=O) groups excluding carboxylic acids is 1. The molecular weight excluding hydrogens is 412 g/mol. The number of imidazole rings is 1. The Hall–Kier alpha value is -3.90. The summed E-state index contributed by atoms with van der Waals surface area (Å²) in [7, 11) is 0. The van der Waals surface area contributed by atoms with Crippen molar-refractivity contribution in [2.75, 3.05) is 25.0 Å². The van der Waals surface area contributed by atoms with Crippen LogP contribution in [0.2, 0.25) is 0 Å². The van der Waals surface area contributed by atoms with Gasteiger partial charge in [0.25, 0.3) is 5.91 Å². The highest BCUT2D eigenvalue weighted by atomic mass is 16.5. The molecule has 5 rings (SSSR count). The Morgan fingerprint density at radius 1 is 0.909 bits per heavy atom. The van der Waals surface area contributed by atoms with E-state index in [2.05, 4.69) is 26.9 Å². The number of amides is 1. The zero-order chi connectivity index (χ0) is 22.5. The van der Waals surface area contributed by atoms with E-state index in [0.29, 0.717) is 12.3 Å². The lowest BCUT2D eigenvalue weighted by atomic mass is 10.0. The fourth-order valence-electron chi connectivity index (χ4n) is 4.22. The highest BCUT2D eigenvalue weighted by Gasteiger charge is 2.32. The Balaban J connectivity index is 1.37. The van der Waals surface area contributed by atoms with Gasteiger partial charge in [-0.25, -0.2) is 4.98 Å². The van der Waals surface area contributed by atoms with Crippen molar-refractivity contribution in [3.63, 3.8) is 0 Å². The van der Waals surface area contributed by atoms with Crippen LogP contribution in [0.15, 0.2) is 97.2 Å². The van der Waals surface area contributed by atoms with Crippen molar-refractivity contribution in [2.24, 2.45) is 0 Å². The lowest BCUT2D eigenvalue weighted by Crippen LogP contribution is -2.41. The van der Waals surface area contributed by atoms with Crippen molar-refractivity contribution in [1.82, 2.24) is 14.5 Å². The molecule has 1 aliphatic rings. The third-order valence-corrected chi connectivity index (χ3v) is 5.82. The number of nitrogens with one attached hydrogen (secondary N) is 1. The Kier molecular flexibility index (Phi) is 6.17. The third-order valence-electron chi connectivity index (χ3n) is 5.82. The minimum atomic E-state index is -0.200. The first-order valence-corrected chi connectivity index (χ1v) is 11.2. The van der Waals surface area contributed by atoms with E-state index in [0.717, 1.165) is 42.5 Å². The topological polar surface area (TPSA) is 59.4 Å². The van der Waals surface area contributed by atoms with Gasteiger partial charge in [0.15, 0.2) is 0 Å². The van der Waals surface area contributed by atoms with E-state index < -0.39 is 0 Å².